The summed E-state index contributed by atoms with van der Waals surface area (Å²) < 4.78 is 21.4. The predicted molar refractivity (Wildman–Crippen MR) is 132 cm³/mol. The summed E-state index contributed by atoms with van der Waals surface area (Å²) in [6.45, 7) is 3.49. The number of hydrogen-bond donors (Lipinski definition) is 2. The van der Waals surface area contributed by atoms with Gasteiger partial charge in [0.15, 0.2) is 11.6 Å². The Morgan fingerprint density at radius 3 is 1.31 bits per heavy atom. The quantitative estimate of drug-likeness (QED) is 0.190. The van der Waals surface area contributed by atoms with E-state index in [1.807, 2.05) is 0 Å². The van der Waals surface area contributed by atoms with Gasteiger partial charge in [-0.2, -0.15) is 0 Å². The molecule has 2 aliphatic rings. The van der Waals surface area contributed by atoms with Crippen molar-refractivity contribution in [1.29, 1.82) is 0 Å². The first-order chi connectivity index (χ1) is 16.9. The van der Waals surface area contributed by atoms with Gasteiger partial charge >= 0.3 is 11.9 Å². The Balaban J connectivity index is 1.89. The first-order valence-corrected chi connectivity index (χ1v) is 13.9. The Labute approximate surface area is 218 Å². The number of ether oxygens (including phenoxy) is 4. The van der Waals surface area contributed by atoms with Gasteiger partial charge in [0.2, 0.25) is 11.8 Å². The first kappa shape index (κ1) is 30.6. The van der Waals surface area contributed by atoms with E-state index in [1.54, 1.807) is 13.8 Å². The maximum Gasteiger partial charge on any atom is 0.326 e. The smallest absolute Gasteiger partial charge is 0.326 e. The van der Waals surface area contributed by atoms with E-state index in [2.05, 4.69) is 0 Å². The second-order valence-electron chi connectivity index (χ2n) is 9.06. The molecule has 0 unspecified atom stereocenters. The Kier molecular flexibility index (Phi) is 10.9. The minimum atomic E-state index is -1.15. The van der Waals surface area contributed by atoms with Gasteiger partial charge in [0.25, 0.3) is 0 Å². The minimum absolute atomic E-state index is 0.0223. The van der Waals surface area contributed by atoms with E-state index in [1.165, 1.54) is 59.8 Å². The van der Waals surface area contributed by atoms with Crippen LogP contribution in [0.5, 0.6) is 0 Å². The number of methoxy groups -OCH3 is 4. The number of carboxylic acid groups (broad SMARTS) is 2. The van der Waals surface area contributed by atoms with E-state index in [4.69, 9.17) is 18.9 Å². The van der Waals surface area contributed by atoms with Gasteiger partial charge in [-0.3, -0.25) is 9.59 Å². The lowest BCUT2D eigenvalue weighted by Crippen LogP contribution is -2.45. The van der Waals surface area contributed by atoms with Crippen LogP contribution in [0.1, 0.15) is 26.7 Å². The number of amides is 2. The number of hydrogen-bond acceptors (Lipinski definition) is 10. The molecule has 206 valence electrons. The molecule has 2 heterocycles. The van der Waals surface area contributed by atoms with Crippen molar-refractivity contribution in [3.8, 4) is 0 Å². The van der Waals surface area contributed by atoms with Crippen LogP contribution in [0.4, 0.5) is 0 Å². The summed E-state index contributed by atoms with van der Waals surface area (Å²) >= 11 is 0. The molecular formula is C22H36N2O10S2. The minimum Gasteiger partial charge on any atom is -0.480 e. The Bertz CT molecular complexity index is 755. The van der Waals surface area contributed by atoms with Crippen molar-refractivity contribution >= 4 is 45.3 Å². The number of carbonyl (C=O) groups excluding carboxylic acids is 2. The van der Waals surface area contributed by atoms with Gasteiger partial charge in [-0.1, -0.05) is 35.4 Å². The van der Waals surface area contributed by atoms with Crippen LogP contribution in [-0.4, -0.2) is 120 Å². The molecule has 36 heavy (non-hydrogen) atoms. The van der Waals surface area contributed by atoms with E-state index in [0.717, 1.165) is 0 Å². The van der Waals surface area contributed by atoms with Gasteiger partial charge < -0.3 is 39.0 Å². The van der Waals surface area contributed by atoms with Crippen LogP contribution in [-0.2, 0) is 38.1 Å². The SMILES string of the molecule is COC1(OC)C[C@@H](C(=O)O)N(C(=O)[C@H](C)CSSC[C@@H](C)C(=O)N2CC(OC)(OC)C[C@H]2C(=O)O)C1. The van der Waals surface area contributed by atoms with Crippen molar-refractivity contribution in [1.82, 2.24) is 9.80 Å². The summed E-state index contributed by atoms with van der Waals surface area (Å²) in [5.41, 5.74) is 0. The fraction of sp³-hybridized carbons (Fsp3) is 0.818. The zero-order valence-corrected chi connectivity index (χ0v) is 23.1. The summed E-state index contributed by atoms with van der Waals surface area (Å²) in [6.07, 6.45) is 0.0765. The number of likely N-dealkylation sites (tertiary alicyclic amines) is 2. The van der Waals surface area contributed by atoms with E-state index in [0.29, 0.717) is 11.5 Å². The monoisotopic (exact) mass is 552 g/mol. The first-order valence-electron chi connectivity index (χ1n) is 11.4. The van der Waals surface area contributed by atoms with Gasteiger partial charge in [-0.05, 0) is 0 Å². The van der Waals surface area contributed by atoms with Crippen molar-refractivity contribution in [3.05, 3.63) is 0 Å². The van der Waals surface area contributed by atoms with Crippen LogP contribution in [0.2, 0.25) is 0 Å². The van der Waals surface area contributed by atoms with Crippen LogP contribution >= 0.6 is 21.6 Å². The molecule has 2 aliphatic heterocycles. The number of nitrogens with zero attached hydrogens (tertiary/aromatic N) is 2. The van der Waals surface area contributed by atoms with Crippen molar-refractivity contribution in [2.24, 2.45) is 11.8 Å². The van der Waals surface area contributed by atoms with E-state index in [9.17, 15) is 29.4 Å². The summed E-state index contributed by atoms with van der Waals surface area (Å²) in [5.74, 6) is -5.30. The largest absolute Gasteiger partial charge is 0.480 e. The second kappa shape index (κ2) is 12.8. The van der Waals surface area contributed by atoms with Gasteiger partial charge in [-0.15, -0.1) is 0 Å². The molecule has 4 atom stereocenters. The summed E-state index contributed by atoms with van der Waals surface area (Å²) in [7, 11) is 8.46. The maximum absolute atomic E-state index is 13.0. The molecule has 2 N–H and O–H groups in total. The zero-order chi connectivity index (χ0) is 27.3. The predicted octanol–water partition coefficient (Wildman–Crippen LogP) is 0.989. The third-order valence-electron chi connectivity index (χ3n) is 6.77. The summed E-state index contributed by atoms with van der Waals surface area (Å²) in [5, 5.41) is 19.1. The number of aliphatic carboxylic acids is 2. The van der Waals surface area contributed by atoms with Gasteiger partial charge in [0, 0.05) is 64.6 Å². The van der Waals surface area contributed by atoms with E-state index < -0.39 is 47.4 Å². The average molecular weight is 553 g/mol. The molecule has 0 saturated carbocycles. The molecular weight excluding hydrogens is 516 g/mol. The Morgan fingerprint density at radius 1 is 0.750 bits per heavy atom. The van der Waals surface area contributed by atoms with Crippen molar-refractivity contribution in [3.63, 3.8) is 0 Å². The fourth-order valence-electron chi connectivity index (χ4n) is 4.35. The lowest BCUT2D eigenvalue weighted by Gasteiger charge is -2.27. The molecule has 2 rings (SSSR count). The van der Waals surface area contributed by atoms with Gasteiger partial charge in [0.1, 0.15) is 12.1 Å². The van der Waals surface area contributed by atoms with Crippen LogP contribution in [0.25, 0.3) is 0 Å². The molecule has 0 spiro atoms. The maximum atomic E-state index is 13.0. The van der Waals surface area contributed by atoms with Crippen molar-refractivity contribution in [2.75, 3.05) is 53.0 Å². The number of carbonyl (C=O) groups is 4. The average Bonchev–Trinajstić information content (AvgIpc) is 3.46. The third kappa shape index (κ3) is 6.64. The molecule has 14 heteroatoms. The number of rotatable bonds is 13. The topological polar surface area (TPSA) is 152 Å². The summed E-state index contributed by atoms with van der Waals surface area (Å²) in [6, 6.07) is -2.08. The standard InChI is InChI=1S/C22H36N2O10S2/c1-13(17(25)23-11-21(31-3,32-4)7-15(23)19(27)28)9-35-36-10-14(2)18(26)24-12-22(33-5,34-6)8-16(24)20(29)30/h13-16H,7-12H2,1-6H3,(H,27,28)(H,29,30)/t13-,14-,15+,16+/m1/s1. The molecule has 2 fully saturated rings. The van der Waals surface area contributed by atoms with Crippen LogP contribution in [0.15, 0.2) is 0 Å². The van der Waals surface area contributed by atoms with Crippen LogP contribution in [0, 0.1) is 11.8 Å². The van der Waals surface area contributed by atoms with E-state index in [-0.39, 0.29) is 37.7 Å². The Morgan fingerprint density at radius 2 is 1.06 bits per heavy atom. The highest BCUT2D eigenvalue weighted by molar-refractivity contribution is 8.76. The van der Waals surface area contributed by atoms with Crippen molar-refractivity contribution in [2.45, 2.75) is 50.3 Å². The van der Waals surface area contributed by atoms with Gasteiger partial charge in [-0.25, -0.2) is 9.59 Å². The zero-order valence-electron chi connectivity index (χ0n) is 21.4. The molecule has 12 nitrogen and oxygen atoms in total. The molecule has 2 saturated heterocycles. The lowest BCUT2D eigenvalue weighted by molar-refractivity contribution is -0.197. The number of carboxylic acids is 2. The molecule has 0 radical (unpaired) electrons. The highest BCUT2D eigenvalue weighted by Gasteiger charge is 2.51. The highest BCUT2D eigenvalue weighted by atomic mass is 33.1. The normalized spacial score (nSPS) is 24.5. The van der Waals surface area contributed by atoms with Gasteiger partial charge in [0.05, 0.1) is 13.1 Å². The van der Waals surface area contributed by atoms with Crippen molar-refractivity contribution < 1.29 is 48.3 Å². The fourth-order valence-corrected chi connectivity index (χ4v) is 7.04. The highest BCUT2D eigenvalue weighted by Crippen LogP contribution is 2.35. The third-order valence-corrected chi connectivity index (χ3v) is 9.53. The van der Waals surface area contributed by atoms with E-state index >= 15 is 0 Å². The molecule has 0 aromatic carbocycles. The summed E-state index contributed by atoms with van der Waals surface area (Å²) in [4.78, 5) is 52.0. The molecule has 0 aromatic rings. The van der Waals surface area contributed by atoms with Crippen LogP contribution < -0.4 is 0 Å². The molecule has 0 aromatic heterocycles. The molecule has 2 amide bonds. The molecule has 0 bridgehead atoms. The Hall–Kier alpha value is -1.58. The second-order valence-corrected chi connectivity index (χ2v) is 11.6. The lowest BCUT2D eigenvalue weighted by atomic mass is 10.1. The van der Waals surface area contributed by atoms with Crippen LogP contribution in [0.3, 0.4) is 0 Å². The molecule has 0 aliphatic carbocycles.